The molecule has 1 heterocycles. The van der Waals surface area contributed by atoms with Crippen LogP contribution in [0.4, 0.5) is 17.1 Å². The van der Waals surface area contributed by atoms with E-state index in [1.807, 2.05) is 0 Å². The van der Waals surface area contributed by atoms with Crippen LogP contribution in [0.15, 0.2) is 152 Å². The Hall–Kier alpha value is -5.02. The van der Waals surface area contributed by atoms with Crippen LogP contribution < -0.4 is 4.90 Å². The molecule has 0 N–H and O–H groups in total. The van der Waals surface area contributed by atoms with Gasteiger partial charge in [-0.1, -0.05) is 109 Å². The highest BCUT2D eigenvalue weighted by Crippen LogP contribution is 2.65. The summed E-state index contributed by atoms with van der Waals surface area (Å²) in [5, 5.41) is 0. The van der Waals surface area contributed by atoms with E-state index >= 15 is 0 Å². The molecule has 0 radical (unpaired) electrons. The molecule has 0 amide bonds. The van der Waals surface area contributed by atoms with Crippen molar-refractivity contribution >= 4 is 17.1 Å². The van der Waals surface area contributed by atoms with E-state index in [1.165, 1.54) is 49.0 Å². The molecule has 10 rings (SSSR count). The maximum atomic E-state index is 5.55. The largest absolute Gasteiger partial charge is 0.311 e. The van der Waals surface area contributed by atoms with Gasteiger partial charge < -0.3 is 4.90 Å². The topological polar surface area (TPSA) is 29.0 Å². The molecule has 0 aliphatic heterocycles. The van der Waals surface area contributed by atoms with Crippen LogP contribution >= 0.6 is 0 Å². The van der Waals surface area contributed by atoms with Gasteiger partial charge in [0.1, 0.15) is 0 Å². The lowest BCUT2D eigenvalue weighted by molar-refractivity contribution is -0.0435. The smallest absolute Gasteiger partial charge is 0.160 e. The molecule has 0 saturated heterocycles. The van der Waals surface area contributed by atoms with Crippen molar-refractivity contribution in [1.82, 2.24) is 9.97 Å². The van der Waals surface area contributed by atoms with Crippen molar-refractivity contribution in [2.75, 3.05) is 4.90 Å². The Balaban J connectivity index is 1.23. The number of benzene rings is 5. The van der Waals surface area contributed by atoms with Gasteiger partial charge in [-0.25, -0.2) is 9.97 Å². The molecular weight excluding hydrogens is 571 g/mol. The quantitative estimate of drug-likeness (QED) is 0.180. The summed E-state index contributed by atoms with van der Waals surface area (Å²) in [7, 11) is 0. The summed E-state index contributed by atoms with van der Waals surface area (Å²) in [6.45, 7) is 0. The van der Waals surface area contributed by atoms with E-state index in [9.17, 15) is 0 Å². The standard InChI is InChI=1S/C44H39N3/c1-5-13-33(14-6-1)41-30-42(46-43(45-41)34-15-7-2-8-16-34)44(36-26-31-25-32(28-36)29-37(44)27-31)35-21-23-40(24-22-35)47(38-17-9-3-10-18-38)39-19-11-4-12-20-39/h1-24,30-32,36-37H,25-29H2. The van der Waals surface area contributed by atoms with E-state index in [-0.39, 0.29) is 5.41 Å². The lowest BCUT2D eigenvalue weighted by atomic mass is 9.43. The minimum Gasteiger partial charge on any atom is -0.311 e. The van der Waals surface area contributed by atoms with Crippen LogP contribution in [-0.2, 0) is 5.41 Å². The predicted molar refractivity (Wildman–Crippen MR) is 192 cm³/mol. The molecule has 4 aliphatic carbocycles. The van der Waals surface area contributed by atoms with Gasteiger partial charge in [0.15, 0.2) is 5.82 Å². The molecular formula is C44H39N3. The molecule has 0 atom stereocenters. The Bertz CT molecular complexity index is 1850. The van der Waals surface area contributed by atoms with Crippen LogP contribution in [0, 0.1) is 23.7 Å². The van der Waals surface area contributed by atoms with E-state index in [1.54, 1.807) is 0 Å². The SMILES string of the molecule is c1ccc(-c2cc(C3(c4ccc(N(c5ccccc5)c5ccccc5)cc4)C4CC5CC(C4)CC3C5)nc(-c3ccccc3)n2)cc1. The first kappa shape index (κ1) is 28.2. The van der Waals surface area contributed by atoms with E-state index in [4.69, 9.17) is 9.97 Å². The Morgan fingerprint density at radius 1 is 0.468 bits per heavy atom. The van der Waals surface area contributed by atoms with Crippen molar-refractivity contribution in [2.45, 2.75) is 37.5 Å². The number of nitrogens with zero attached hydrogens (tertiary/aromatic N) is 3. The van der Waals surface area contributed by atoms with E-state index in [0.717, 1.165) is 45.9 Å². The summed E-state index contributed by atoms with van der Waals surface area (Å²) in [5.74, 6) is 3.67. The van der Waals surface area contributed by atoms with Gasteiger partial charge >= 0.3 is 0 Å². The average molecular weight is 610 g/mol. The molecule has 3 heteroatoms. The molecule has 1 aromatic heterocycles. The summed E-state index contributed by atoms with van der Waals surface area (Å²) in [4.78, 5) is 13.1. The Morgan fingerprint density at radius 2 is 0.936 bits per heavy atom. The van der Waals surface area contributed by atoms with E-state index in [2.05, 4.69) is 157 Å². The minimum atomic E-state index is -0.147. The summed E-state index contributed by atoms with van der Waals surface area (Å²) in [6.07, 6.45) is 6.58. The third kappa shape index (κ3) is 4.88. The predicted octanol–water partition coefficient (Wildman–Crippen LogP) is 11.0. The number of para-hydroxylation sites is 2. The fraction of sp³-hybridized carbons (Fsp3) is 0.227. The molecule has 3 nitrogen and oxygen atoms in total. The fourth-order valence-electron chi connectivity index (χ4n) is 9.59. The third-order valence-electron chi connectivity index (χ3n) is 11.3. The molecule has 4 bridgehead atoms. The van der Waals surface area contributed by atoms with Gasteiger partial charge in [-0.05, 0) is 104 Å². The van der Waals surface area contributed by atoms with Crippen molar-refractivity contribution in [3.63, 3.8) is 0 Å². The number of rotatable bonds is 7. The molecule has 4 fully saturated rings. The number of aromatic nitrogens is 2. The van der Waals surface area contributed by atoms with Crippen LogP contribution in [0.1, 0.15) is 43.4 Å². The zero-order chi connectivity index (χ0) is 31.2. The number of hydrogen-bond acceptors (Lipinski definition) is 3. The zero-order valence-electron chi connectivity index (χ0n) is 26.6. The van der Waals surface area contributed by atoms with Crippen LogP contribution in [0.25, 0.3) is 22.6 Å². The second-order valence-corrected chi connectivity index (χ2v) is 13.9. The van der Waals surface area contributed by atoms with Gasteiger partial charge in [0.2, 0.25) is 0 Å². The van der Waals surface area contributed by atoms with Gasteiger partial charge in [0.25, 0.3) is 0 Å². The molecule has 230 valence electrons. The molecule has 47 heavy (non-hydrogen) atoms. The summed E-state index contributed by atoms with van der Waals surface area (Å²) >= 11 is 0. The minimum absolute atomic E-state index is 0.147. The van der Waals surface area contributed by atoms with Gasteiger partial charge in [0.05, 0.1) is 11.4 Å². The summed E-state index contributed by atoms with van der Waals surface area (Å²) in [5.41, 5.74) is 9.18. The van der Waals surface area contributed by atoms with Crippen LogP contribution in [0.2, 0.25) is 0 Å². The summed E-state index contributed by atoms with van der Waals surface area (Å²) < 4.78 is 0. The fourth-order valence-corrected chi connectivity index (χ4v) is 9.59. The van der Waals surface area contributed by atoms with Gasteiger partial charge in [0, 0.05) is 33.6 Å². The highest BCUT2D eigenvalue weighted by atomic mass is 15.1. The van der Waals surface area contributed by atoms with Gasteiger partial charge in [-0.2, -0.15) is 0 Å². The Labute approximate surface area is 278 Å². The maximum Gasteiger partial charge on any atom is 0.160 e. The number of hydrogen-bond donors (Lipinski definition) is 0. The van der Waals surface area contributed by atoms with E-state index in [0.29, 0.717) is 11.8 Å². The highest BCUT2D eigenvalue weighted by Gasteiger charge is 2.59. The zero-order valence-corrected chi connectivity index (χ0v) is 26.6. The Kier molecular flexibility index (Phi) is 7.00. The monoisotopic (exact) mass is 609 g/mol. The molecule has 0 spiro atoms. The molecule has 4 saturated carbocycles. The Morgan fingerprint density at radius 3 is 1.47 bits per heavy atom. The first-order chi connectivity index (χ1) is 23.3. The van der Waals surface area contributed by atoms with Crippen LogP contribution in [0.3, 0.4) is 0 Å². The van der Waals surface area contributed by atoms with E-state index < -0.39 is 0 Å². The third-order valence-corrected chi connectivity index (χ3v) is 11.3. The van der Waals surface area contributed by atoms with Crippen molar-refractivity contribution in [3.8, 4) is 22.6 Å². The first-order valence-electron chi connectivity index (χ1n) is 17.3. The summed E-state index contributed by atoms with van der Waals surface area (Å²) in [6, 6.07) is 54.5. The molecule has 4 aliphatic rings. The molecule has 5 aromatic carbocycles. The number of anilines is 3. The van der Waals surface area contributed by atoms with Crippen LogP contribution in [-0.4, -0.2) is 9.97 Å². The lowest BCUT2D eigenvalue weighted by Gasteiger charge is -2.61. The highest BCUT2D eigenvalue weighted by molar-refractivity contribution is 5.76. The average Bonchev–Trinajstić information content (AvgIpc) is 3.14. The van der Waals surface area contributed by atoms with Crippen molar-refractivity contribution in [2.24, 2.45) is 23.7 Å². The van der Waals surface area contributed by atoms with Gasteiger partial charge in [-0.3, -0.25) is 0 Å². The second-order valence-electron chi connectivity index (χ2n) is 13.9. The van der Waals surface area contributed by atoms with Crippen molar-refractivity contribution < 1.29 is 0 Å². The van der Waals surface area contributed by atoms with Gasteiger partial charge in [-0.15, -0.1) is 0 Å². The van der Waals surface area contributed by atoms with Crippen molar-refractivity contribution in [1.29, 1.82) is 0 Å². The molecule has 0 unspecified atom stereocenters. The lowest BCUT2D eigenvalue weighted by Crippen LogP contribution is -2.56. The first-order valence-corrected chi connectivity index (χ1v) is 17.3. The second kappa shape index (κ2) is 11.7. The molecule has 6 aromatic rings. The van der Waals surface area contributed by atoms with Crippen molar-refractivity contribution in [3.05, 3.63) is 163 Å². The maximum absolute atomic E-state index is 5.55. The normalized spacial score (nSPS) is 24.3. The van der Waals surface area contributed by atoms with Crippen LogP contribution in [0.5, 0.6) is 0 Å².